The molecule has 0 aromatic heterocycles. The smallest absolute Gasteiger partial charge is 0.298 e. The van der Waals surface area contributed by atoms with Gasteiger partial charge in [-0.05, 0) is 61.0 Å². The molecule has 0 spiro atoms. The number of anilines is 1. The molecule has 27 heavy (non-hydrogen) atoms. The molecule has 0 radical (unpaired) electrons. The van der Waals surface area contributed by atoms with E-state index in [0.717, 1.165) is 16.7 Å². The first-order chi connectivity index (χ1) is 13.0. The van der Waals surface area contributed by atoms with Crippen molar-refractivity contribution in [2.45, 2.75) is 13.3 Å². The zero-order chi connectivity index (χ0) is 19.4. The minimum absolute atomic E-state index is 0.0614. The lowest BCUT2D eigenvalue weighted by molar-refractivity contribution is -0.113. The Morgan fingerprint density at radius 1 is 1.22 bits per heavy atom. The summed E-state index contributed by atoms with van der Waals surface area (Å²) in [5.74, 6) is 0.0317. The second kappa shape index (κ2) is 8.14. The highest BCUT2D eigenvalue weighted by atomic mass is 32.2. The van der Waals surface area contributed by atoms with Crippen LogP contribution in [0.25, 0.3) is 6.08 Å². The van der Waals surface area contributed by atoms with E-state index in [0.29, 0.717) is 40.5 Å². The van der Waals surface area contributed by atoms with E-state index in [4.69, 9.17) is 4.74 Å². The monoisotopic (exact) mass is 381 g/mol. The summed E-state index contributed by atoms with van der Waals surface area (Å²) < 4.78 is 5.48. The van der Waals surface area contributed by atoms with E-state index in [1.54, 1.807) is 48.6 Å². The van der Waals surface area contributed by atoms with E-state index in [1.807, 2.05) is 13.0 Å². The Balaban J connectivity index is 1.98. The highest BCUT2D eigenvalue weighted by molar-refractivity contribution is 8.19. The van der Waals surface area contributed by atoms with Crippen LogP contribution in [0, 0.1) is 0 Å². The highest BCUT2D eigenvalue weighted by Crippen LogP contribution is 2.38. The summed E-state index contributed by atoms with van der Waals surface area (Å²) in [7, 11) is 0. The fraction of sp³-hybridized carbons (Fsp3) is 0.143. The van der Waals surface area contributed by atoms with Crippen LogP contribution < -0.4 is 9.64 Å². The number of thioether (sulfide) groups is 1. The SMILES string of the molecule is C=CCc1cc(/C=C2/SC(=O)N(c3ccccc3)C2=O)cc(OCC)c1O. The van der Waals surface area contributed by atoms with Crippen molar-refractivity contribution in [2.75, 3.05) is 11.5 Å². The van der Waals surface area contributed by atoms with E-state index in [-0.39, 0.29) is 16.9 Å². The number of carbonyl (C=O) groups excluding carboxylic acids is 2. The Morgan fingerprint density at radius 3 is 2.63 bits per heavy atom. The third-order valence-corrected chi connectivity index (χ3v) is 4.82. The van der Waals surface area contributed by atoms with Crippen molar-refractivity contribution < 1.29 is 19.4 Å². The van der Waals surface area contributed by atoms with Gasteiger partial charge in [0.2, 0.25) is 0 Å². The van der Waals surface area contributed by atoms with Crippen molar-refractivity contribution in [3.8, 4) is 11.5 Å². The van der Waals surface area contributed by atoms with Crippen molar-refractivity contribution >= 4 is 34.7 Å². The van der Waals surface area contributed by atoms with Gasteiger partial charge in [0.1, 0.15) is 0 Å². The Hall–Kier alpha value is -2.99. The zero-order valence-corrected chi connectivity index (χ0v) is 15.7. The lowest BCUT2D eigenvalue weighted by Gasteiger charge is -2.12. The molecule has 6 heteroatoms. The fourth-order valence-electron chi connectivity index (χ4n) is 2.77. The maximum Gasteiger partial charge on any atom is 0.298 e. The number of para-hydroxylation sites is 1. The molecule has 138 valence electrons. The van der Waals surface area contributed by atoms with Crippen LogP contribution in [0.5, 0.6) is 11.5 Å². The van der Waals surface area contributed by atoms with Gasteiger partial charge in [0.15, 0.2) is 11.5 Å². The number of imide groups is 1. The van der Waals surface area contributed by atoms with Crippen molar-refractivity contribution in [3.05, 3.63) is 71.2 Å². The van der Waals surface area contributed by atoms with Crippen molar-refractivity contribution in [2.24, 2.45) is 0 Å². The lowest BCUT2D eigenvalue weighted by atomic mass is 10.1. The van der Waals surface area contributed by atoms with Crippen LogP contribution in [-0.4, -0.2) is 22.9 Å². The van der Waals surface area contributed by atoms with Crippen LogP contribution >= 0.6 is 11.8 Å². The maximum absolute atomic E-state index is 12.7. The molecule has 0 unspecified atom stereocenters. The number of allylic oxidation sites excluding steroid dienone is 1. The third kappa shape index (κ3) is 3.90. The maximum atomic E-state index is 12.7. The summed E-state index contributed by atoms with van der Waals surface area (Å²) in [6, 6.07) is 12.2. The predicted molar refractivity (Wildman–Crippen MR) is 108 cm³/mol. The summed E-state index contributed by atoms with van der Waals surface area (Å²) in [6.07, 6.45) is 3.78. The van der Waals surface area contributed by atoms with Crippen LogP contribution in [0.15, 0.2) is 60.0 Å². The highest BCUT2D eigenvalue weighted by Gasteiger charge is 2.36. The molecule has 2 aromatic carbocycles. The normalized spacial score (nSPS) is 15.4. The standard InChI is InChI=1S/C21H19NO4S/c1-3-8-15-11-14(12-17(19(15)23)26-4-2)13-18-20(24)22(21(25)27-18)16-9-6-5-7-10-16/h3,5-7,9-13,23H,1,4,8H2,2H3/b18-13+. The first-order valence-corrected chi connectivity index (χ1v) is 9.29. The molecular weight excluding hydrogens is 362 g/mol. The summed E-state index contributed by atoms with van der Waals surface area (Å²) in [5, 5.41) is 9.95. The van der Waals surface area contributed by atoms with Gasteiger partial charge in [-0.1, -0.05) is 24.3 Å². The molecule has 1 saturated heterocycles. The fourth-order valence-corrected chi connectivity index (χ4v) is 3.61. The summed E-state index contributed by atoms with van der Waals surface area (Å²) in [4.78, 5) is 26.5. The summed E-state index contributed by atoms with van der Waals surface area (Å²) in [6.45, 7) is 5.92. The molecular formula is C21H19NO4S. The molecule has 0 aliphatic carbocycles. The Morgan fingerprint density at radius 2 is 1.96 bits per heavy atom. The molecule has 0 bridgehead atoms. The molecule has 1 fully saturated rings. The number of phenols is 1. The second-order valence-electron chi connectivity index (χ2n) is 5.81. The molecule has 2 amide bonds. The number of benzene rings is 2. The topological polar surface area (TPSA) is 66.8 Å². The average Bonchev–Trinajstić information content (AvgIpc) is 2.93. The van der Waals surface area contributed by atoms with Crippen LogP contribution in [-0.2, 0) is 11.2 Å². The minimum atomic E-state index is -0.368. The Kier molecular flexibility index (Phi) is 5.66. The zero-order valence-electron chi connectivity index (χ0n) is 14.8. The van der Waals surface area contributed by atoms with Gasteiger partial charge in [-0.15, -0.1) is 6.58 Å². The first-order valence-electron chi connectivity index (χ1n) is 8.47. The number of carbonyl (C=O) groups is 2. The molecule has 0 atom stereocenters. The van der Waals surface area contributed by atoms with Crippen molar-refractivity contribution in [1.82, 2.24) is 0 Å². The largest absolute Gasteiger partial charge is 0.504 e. The van der Waals surface area contributed by atoms with Gasteiger partial charge >= 0.3 is 0 Å². The van der Waals surface area contributed by atoms with E-state index in [9.17, 15) is 14.7 Å². The average molecular weight is 381 g/mol. The second-order valence-corrected chi connectivity index (χ2v) is 6.80. The number of phenolic OH excluding ortho intramolecular Hbond substituents is 1. The molecule has 3 rings (SSSR count). The Bertz CT molecular complexity index is 921. The summed E-state index contributed by atoms with van der Waals surface area (Å²) in [5.41, 5.74) is 1.85. The van der Waals surface area contributed by atoms with Gasteiger partial charge in [0.05, 0.1) is 17.2 Å². The number of rotatable bonds is 6. The van der Waals surface area contributed by atoms with Gasteiger partial charge < -0.3 is 9.84 Å². The van der Waals surface area contributed by atoms with Crippen LogP contribution in [0.4, 0.5) is 10.5 Å². The van der Waals surface area contributed by atoms with E-state index in [2.05, 4.69) is 6.58 Å². The van der Waals surface area contributed by atoms with Crippen molar-refractivity contribution in [1.29, 1.82) is 0 Å². The minimum Gasteiger partial charge on any atom is -0.504 e. The van der Waals surface area contributed by atoms with Gasteiger partial charge in [-0.2, -0.15) is 0 Å². The predicted octanol–water partition coefficient (Wildman–Crippen LogP) is 4.76. The number of hydrogen-bond acceptors (Lipinski definition) is 5. The van der Waals surface area contributed by atoms with Gasteiger partial charge in [-0.25, -0.2) is 4.90 Å². The summed E-state index contributed by atoms with van der Waals surface area (Å²) >= 11 is 0.889. The van der Waals surface area contributed by atoms with Crippen LogP contribution in [0.2, 0.25) is 0 Å². The van der Waals surface area contributed by atoms with Gasteiger partial charge in [0.25, 0.3) is 11.1 Å². The Labute approximate surface area is 162 Å². The van der Waals surface area contributed by atoms with E-state index < -0.39 is 0 Å². The number of nitrogens with zero attached hydrogens (tertiary/aromatic N) is 1. The van der Waals surface area contributed by atoms with E-state index in [1.165, 1.54) is 0 Å². The third-order valence-electron chi connectivity index (χ3n) is 3.95. The molecule has 5 nitrogen and oxygen atoms in total. The molecule has 0 saturated carbocycles. The molecule has 1 aliphatic rings. The molecule has 1 aliphatic heterocycles. The molecule has 2 aromatic rings. The molecule has 1 N–H and O–H groups in total. The molecule has 1 heterocycles. The first kappa shape index (κ1) is 18.8. The van der Waals surface area contributed by atoms with Gasteiger partial charge in [0, 0.05) is 5.56 Å². The van der Waals surface area contributed by atoms with Crippen LogP contribution in [0.1, 0.15) is 18.1 Å². The lowest BCUT2D eigenvalue weighted by Crippen LogP contribution is -2.27. The van der Waals surface area contributed by atoms with Crippen LogP contribution in [0.3, 0.4) is 0 Å². The number of aromatic hydroxyl groups is 1. The number of hydrogen-bond donors (Lipinski definition) is 1. The number of amides is 2. The van der Waals surface area contributed by atoms with Crippen molar-refractivity contribution in [3.63, 3.8) is 0 Å². The number of ether oxygens (including phenoxy) is 1. The van der Waals surface area contributed by atoms with E-state index >= 15 is 0 Å². The van der Waals surface area contributed by atoms with Gasteiger partial charge in [-0.3, -0.25) is 9.59 Å². The quantitative estimate of drug-likeness (QED) is 0.577.